The van der Waals surface area contributed by atoms with E-state index < -0.39 is 7.91 Å². The van der Waals surface area contributed by atoms with Crippen LogP contribution >= 0.6 is 7.91 Å². The van der Waals surface area contributed by atoms with Crippen LogP contribution in [0, 0.1) is 0 Å². The maximum atomic E-state index is 8.93. The number of rotatable bonds is 3. The van der Waals surface area contributed by atoms with Gasteiger partial charge in [0.05, 0.1) is 0 Å². The van der Waals surface area contributed by atoms with Gasteiger partial charge in [-0.15, -0.1) is 4.67 Å². The molecule has 0 saturated heterocycles. The van der Waals surface area contributed by atoms with Crippen molar-refractivity contribution in [1.82, 2.24) is 5.32 Å². The lowest BCUT2D eigenvalue weighted by molar-refractivity contribution is -0.132. The molecule has 0 rings (SSSR count). The average molecular weight is 170 g/mol. The van der Waals surface area contributed by atoms with Crippen LogP contribution in [0.15, 0.2) is 0 Å². The highest BCUT2D eigenvalue weighted by molar-refractivity contribution is 7.24. The van der Waals surface area contributed by atoms with Gasteiger partial charge in [-0.1, -0.05) is 13.8 Å². The molecule has 1 radical (unpaired) electrons. The van der Waals surface area contributed by atoms with Crippen molar-refractivity contribution in [3.63, 3.8) is 0 Å². The molecule has 63 valence electrons. The molecule has 2 N–H and O–H groups in total. The first-order chi connectivity index (χ1) is 4.68. The first-order valence-electron chi connectivity index (χ1n) is 2.85. The Morgan fingerprint density at radius 1 is 1.50 bits per heavy atom. The largest absolute Gasteiger partial charge is 0.496 e. The molecule has 0 bridgehead atoms. The van der Waals surface area contributed by atoms with E-state index >= 15 is 0 Å². The van der Waals surface area contributed by atoms with E-state index in [9.17, 15) is 0 Å². The third-order valence-corrected chi connectivity index (χ3v) is 0.700. The molecular formula is C4H13NO4P. The second kappa shape index (κ2) is 11.6. The van der Waals surface area contributed by atoms with Crippen molar-refractivity contribution in [3.05, 3.63) is 0 Å². The van der Waals surface area contributed by atoms with Gasteiger partial charge < -0.3 is 5.32 Å². The van der Waals surface area contributed by atoms with Crippen LogP contribution in [0.5, 0.6) is 0 Å². The number of hydrogen-bond donors (Lipinski definition) is 2. The van der Waals surface area contributed by atoms with Gasteiger partial charge in [0.25, 0.3) is 0 Å². The molecule has 0 aromatic rings. The molecule has 0 aliphatic rings. The van der Waals surface area contributed by atoms with E-state index in [0.29, 0.717) is 0 Å². The summed E-state index contributed by atoms with van der Waals surface area (Å²) in [5.74, 6) is 0. The monoisotopic (exact) mass is 170 g/mol. The summed E-state index contributed by atoms with van der Waals surface area (Å²) in [6.07, 6.45) is 0. The topological polar surface area (TPSA) is 75.6 Å². The van der Waals surface area contributed by atoms with Gasteiger partial charge >= 0.3 is 7.91 Å². The minimum atomic E-state index is -3.04. The molecule has 0 amide bonds. The van der Waals surface area contributed by atoms with Crippen LogP contribution in [0.2, 0.25) is 0 Å². The third-order valence-electron chi connectivity index (χ3n) is 0.567. The second-order valence-corrected chi connectivity index (χ2v) is 1.87. The van der Waals surface area contributed by atoms with Crippen LogP contribution in [0.4, 0.5) is 0 Å². The summed E-state index contributed by atoms with van der Waals surface area (Å²) in [6.45, 7) is 6.39. The summed E-state index contributed by atoms with van der Waals surface area (Å²) in [7, 11) is -3.04. The highest BCUT2D eigenvalue weighted by atomic mass is 31.1. The minimum Gasteiger partial charge on any atom is -0.317 e. The van der Waals surface area contributed by atoms with E-state index in [-0.39, 0.29) is 1.43 Å². The summed E-state index contributed by atoms with van der Waals surface area (Å²) in [5, 5.41) is 10.2. The van der Waals surface area contributed by atoms with Gasteiger partial charge in [0.2, 0.25) is 0 Å². The van der Waals surface area contributed by atoms with E-state index in [0.717, 1.165) is 13.1 Å². The van der Waals surface area contributed by atoms with Crippen LogP contribution < -0.4 is 5.32 Å². The predicted octanol–water partition coefficient (Wildman–Crippen LogP) is 1.29. The molecule has 10 heavy (non-hydrogen) atoms. The Balaban J connectivity index is -0.000000107. The summed E-state index contributed by atoms with van der Waals surface area (Å²) in [6, 6.07) is 0. The number of nitrogens with one attached hydrogen (secondary N) is 1. The van der Waals surface area contributed by atoms with Crippen molar-refractivity contribution in [2.75, 3.05) is 13.1 Å². The van der Waals surface area contributed by atoms with E-state index in [4.69, 9.17) is 14.4 Å². The second-order valence-electron chi connectivity index (χ2n) is 1.26. The molecule has 0 aliphatic heterocycles. The first-order valence-corrected chi connectivity index (χ1v) is 3.95. The summed E-state index contributed by atoms with van der Waals surface area (Å²) in [5.41, 5.74) is 0. The highest BCUT2D eigenvalue weighted by Gasteiger charge is 1.75. The highest BCUT2D eigenvalue weighted by Crippen LogP contribution is 1.97. The Bertz CT molecular complexity index is 109. The zero-order chi connectivity index (χ0) is 8.41. The quantitative estimate of drug-likeness (QED) is 0.379. The minimum absolute atomic E-state index is 0. The molecule has 5 nitrogen and oxygen atoms in total. The van der Waals surface area contributed by atoms with Crippen molar-refractivity contribution in [3.8, 4) is 0 Å². The van der Waals surface area contributed by atoms with E-state index in [1.165, 1.54) is 0 Å². The van der Waals surface area contributed by atoms with Crippen LogP contribution in [0.3, 0.4) is 0 Å². The van der Waals surface area contributed by atoms with Gasteiger partial charge in [-0.2, -0.15) is 0 Å². The Morgan fingerprint density at radius 3 is 1.80 bits per heavy atom. The van der Waals surface area contributed by atoms with Gasteiger partial charge in [-0.25, -0.2) is 14.4 Å². The molecule has 0 aliphatic carbocycles. The summed E-state index contributed by atoms with van der Waals surface area (Å²) >= 11 is 0. The number of hydrogen-bond acceptors (Lipinski definition) is 5. The molecule has 0 unspecified atom stereocenters. The van der Waals surface area contributed by atoms with E-state index in [1.807, 2.05) is 0 Å². The summed E-state index contributed by atoms with van der Waals surface area (Å²) in [4.78, 5) is 0. The molecule has 0 fully saturated rings. The normalized spacial score (nSPS) is 7.90. The summed E-state index contributed by atoms with van der Waals surface area (Å²) < 4.78 is 20.6. The Labute approximate surface area is 61.7 Å². The van der Waals surface area contributed by atoms with Gasteiger partial charge in [0, 0.05) is 1.43 Å². The third kappa shape index (κ3) is 25.0. The lowest BCUT2D eigenvalue weighted by atomic mass is 10.7. The fourth-order valence-electron chi connectivity index (χ4n) is 0.250. The molecule has 0 aromatic carbocycles. The molecule has 0 atom stereocenters. The molecule has 6 heteroatoms. The smallest absolute Gasteiger partial charge is 0.317 e. The van der Waals surface area contributed by atoms with Gasteiger partial charge in [0.15, 0.2) is 0 Å². The maximum absolute atomic E-state index is 8.93. The maximum Gasteiger partial charge on any atom is 0.496 e. The lowest BCUT2D eigenvalue weighted by Gasteiger charge is -1.86. The lowest BCUT2D eigenvalue weighted by Crippen LogP contribution is -2.09. The Kier molecular flexibility index (Phi) is 14.4. The average Bonchev–Trinajstić information content (AvgIpc) is 1.91. The fraction of sp³-hybridized carbons (Fsp3) is 1.00. The SMILES string of the molecule is CCNCC.O=P(=O)OO.[H]. The van der Waals surface area contributed by atoms with Crippen molar-refractivity contribution < 1.29 is 20.5 Å². The van der Waals surface area contributed by atoms with Crippen molar-refractivity contribution >= 4 is 7.91 Å². The van der Waals surface area contributed by atoms with Crippen molar-refractivity contribution in [2.24, 2.45) is 0 Å². The van der Waals surface area contributed by atoms with Crippen LogP contribution in [0.1, 0.15) is 15.3 Å². The van der Waals surface area contributed by atoms with Gasteiger partial charge in [-0.05, 0) is 13.1 Å². The molecule has 0 spiro atoms. The predicted molar refractivity (Wildman–Crippen MR) is 37.3 cm³/mol. The first kappa shape index (κ1) is 12.5. The van der Waals surface area contributed by atoms with E-state index in [2.05, 4.69) is 23.8 Å². The van der Waals surface area contributed by atoms with Crippen LogP contribution in [-0.2, 0) is 13.8 Å². The molecular weight excluding hydrogens is 157 g/mol. The van der Waals surface area contributed by atoms with Crippen molar-refractivity contribution in [2.45, 2.75) is 13.8 Å². The van der Waals surface area contributed by atoms with Crippen molar-refractivity contribution in [1.29, 1.82) is 0 Å². The molecule has 0 saturated carbocycles. The standard InChI is InChI=1S/C4H11N.HO4P.H/c1-3-5-4-2;1-4-5(2)3;/h5H,3-4H2,1-2H3;1H;. The van der Waals surface area contributed by atoms with Gasteiger partial charge in [0.1, 0.15) is 0 Å². The van der Waals surface area contributed by atoms with Gasteiger partial charge in [-0.3, -0.25) is 0 Å². The van der Waals surface area contributed by atoms with Crippen LogP contribution in [-0.4, -0.2) is 18.3 Å². The van der Waals surface area contributed by atoms with E-state index in [1.54, 1.807) is 0 Å². The Morgan fingerprint density at radius 2 is 1.80 bits per heavy atom. The molecule has 0 heterocycles. The zero-order valence-electron chi connectivity index (χ0n) is 7.03. The molecule has 0 aromatic heterocycles. The Hall–Kier alpha value is -0.220. The van der Waals surface area contributed by atoms with Crippen LogP contribution in [0.25, 0.3) is 0 Å². The zero-order valence-corrected chi connectivity index (χ0v) is 6.93. The fourth-order valence-corrected chi connectivity index (χ4v) is 0.250.